The van der Waals surface area contributed by atoms with Gasteiger partial charge >= 0.3 is 5.97 Å². The summed E-state index contributed by atoms with van der Waals surface area (Å²) in [5.41, 5.74) is 2.35. The number of carboxylic acid groups (broad SMARTS) is 1. The summed E-state index contributed by atoms with van der Waals surface area (Å²) in [6, 6.07) is 5.25. The number of aromatic amines is 1. The van der Waals surface area contributed by atoms with E-state index in [1.54, 1.807) is 24.4 Å². The molecule has 1 unspecified atom stereocenters. The SMILES string of the molecule is CCCC1=C(C(=O)O)C(c2cccc(Cl)c2Cl)c2cn[nH]c2N1. The fraction of sp³-hybridized carbons (Fsp3) is 0.250. The van der Waals surface area contributed by atoms with Gasteiger partial charge in [-0.1, -0.05) is 48.7 Å². The van der Waals surface area contributed by atoms with E-state index in [0.29, 0.717) is 33.5 Å². The van der Waals surface area contributed by atoms with Crippen LogP contribution in [0.5, 0.6) is 0 Å². The summed E-state index contributed by atoms with van der Waals surface area (Å²) in [5, 5.41) is 20.6. The number of aliphatic carboxylic acids is 1. The van der Waals surface area contributed by atoms with Gasteiger partial charge in [-0.05, 0) is 18.1 Å². The first-order chi connectivity index (χ1) is 11.0. The Morgan fingerprint density at radius 2 is 2.13 bits per heavy atom. The number of aromatic nitrogens is 2. The maximum atomic E-state index is 11.9. The predicted molar refractivity (Wildman–Crippen MR) is 90.1 cm³/mol. The Balaban J connectivity index is 2.26. The molecule has 0 fully saturated rings. The second kappa shape index (κ2) is 6.26. The molecule has 2 aromatic rings. The smallest absolute Gasteiger partial charge is 0.334 e. The molecule has 7 heteroatoms. The van der Waals surface area contributed by atoms with E-state index in [9.17, 15) is 9.90 Å². The first-order valence-electron chi connectivity index (χ1n) is 7.25. The standard InChI is InChI=1S/C16H15Cl2N3O2/c1-2-4-11-13(16(22)23)12(9-7-19-21-15(9)20-11)8-5-3-6-10(17)14(8)18/h3,5-7,12H,2,4H2,1H3,(H,22,23)(H2,19,20,21). The lowest BCUT2D eigenvalue weighted by Crippen LogP contribution is -2.23. The van der Waals surface area contributed by atoms with Crippen molar-refractivity contribution in [1.29, 1.82) is 0 Å². The second-order valence-corrected chi connectivity index (χ2v) is 6.13. The number of allylic oxidation sites excluding steroid dienone is 1. The summed E-state index contributed by atoms with van der Waals surface area (Å²) in [6.45, 7) is 2.00. The van der Waals surface area contributed by atoms with Crippen LogP contribution in [0.4, 0.5) is 5.82 Å². The molecule has 2 heterocycles. The van der Waals surface area contributed by atoms with Crippen LogP contribution >= 0.6 is 23.2 Å². The third-order valence-corrected chi connectivity index (χ3v) is 4.73. The molecule has 1 aliphatic rings. The highest BCUT2D eigenvalue weighted by molar-refractivity contribution is 6.42. The van der Waals surface area contributed by atoms with Crippen molar-refractivity contribution >= 4 is 35.0 Å². The largest absolute Gasteiger partial charge is 0.478 e. The number of halogens is 2. The number of hydrogen-bond acceptors (Lipinski definition) is 3. The number of carboxylic acids is 1. The lowest BCUT2D eigenvalue weighted by atomic mass is 9.82. The minimum absolute atomic E-state index is 0.282. The first-order valence-corrected chi connectivity index (χ1v) is 8.00. The monoisotopic (exact) mass is 351 g/mol. The highest BCUT2D eigenvalue weighted by Crippen LogP contribution is 2.45. The predicted octanol–water partition coefficient (Wildman–Crippen LogP) is 4.41. The normalized spacial score (nSPS) is 16.9. The van der Waals surface area contributed by atoms with E-state index in [2.05, 4.69) is 15.5 Å². The molecule has 3 N–H and O–H groups in total. The van der Waals surface area contributed by atoms with Crippen LogP contribution in [-0.2, 0) is 4.79 Å². The summed E-state index contributed by atoms with van der Waals surface area (Å²) in [7, 11) is 0. The second-order valence-electron chi connectivity index (χ2n) is 5.35. The van der Waals surface area contributed by atoms with E-state index in [0.717, 1.165) is 12.0 Å². The van der Waals surface area contributed by atoms with E-state index in [1.807, 2.05) is 6.92 Å². The van der Waals surface area contributed by atoms with Crippen molar-refractivity contribution in [2.75, 3.05) is 5.32 Å². The number of nitrogens with one attached hydrogen (secondary N) is 2. The zero-order chi connectivity index (χ0) is 16.6. The summed E-state index contributed by atoms with van der Waals surface area (Å²) < 4.78 is 0. The van der Waals surface area contributed by atoms with Gasteiger partial charge in [-0.15, -0.1) is 0 Å². The Morgan fingerprint density at radius 3 is 2.83 bits per heavy atom. The molecule has 3 rings (SSSR count). The van der Waals surface area contributed by atoms with Crippen LogP contribution < -0.4 is 5.32 Å². The van der Waals surface area contributed by atoms with Gasteiger partial charge in [-0.25, -0.2) is 4.79 Å². The van der Waals surface area contributed by atoms with Crippen molar-refractivity contribution < 1.29 is 9.90 Å². The van der Waals surface area contributed by atoms with Crippen LogP contribution in [0.15, 0.2) is 35.7 Å². The van der Waals surface area contributed by atoms with Crippen molar-refractivity contribution in [2.45, 2.75) is 25.7 Å². The van der Waals surface area contributed by atoms with E-state index in [-0.39, 0.29) is 5.57 Å². The van der Waals surface area contributed by atoms with E-state index < -0.39 is 11.9 Å². The number of fused-ring (bicyclic) bond motifs is 1. The van der Waals surface area contributed by atoms with Crippen molar-refractivity contribution in [3.63, 3.8) is 0 Å². The molecule has 1 aromatic carbocycles. The fourth-order valence-electron chi connectivity index (χ4n) is 2.93. The molecule has 0 saturated heterocycles. The topological polar surface area (TPSA) is 78.0 Å². The van der Waals surface area contributed by atoms with Gasteiger partial charge in [0.05, 0.1) is 21.8 Å². The molecule has 120 valence electrons. The summed E-state index contributed by atoms with van der Waals surface area (Å²) >= 11 is 12.5. The maximum absolute atomic E-state index is 11.9. The van der Waals surface area contributed by atoms with Gasteiger partial charge in [0, 0.05) is 17.2 Å². The summed E-state index contributed by atoms with van der Waals surface area (Å²) in [6.07, 6.45) is 3.06. The Hall–Kier alpha value is -1.98. The van der Waals surface area contributed by atoms with Crippen molar-refractivity contribution in [2.24, 2.45) is 0 Å². The molecule has 1 aromatic heterocycles. The van der Waals surface area contributed by atoms with Gasteiger partial charge in [-0.3, -0.25) is 5.10 Å². The van der Waals surface area contributed by atoms with E-state index in [4.69, 9.17) is 23.2 Å². The molecule has 0 aliphatic carbocycles. The van der Waals surface area contributed by atoms with Crippen molar-refractivity contribution in [3.05, 3.63) is 56.8 Å². The molecule has 0 spiro atoms. The number of carbonyl (C=O) groups is 1. The van der Waals surface area contributed by atoms with Crippen molar-refractivity contribution in [1.82, 2.24) is 10.2 Å². The zero-order valence-corrected chi connectivity index (χ0v) is 13.9. The third-order valence-electron chi connectivity index (χ3n) is 3.89. The van der Waals surface area contributed by atoms with Gasteiger partial charge < -0.3 is 10.4 Å². The third kappa shape index (κ3) is 2.71. The molecule has 0 bridgehead atoms. The molecule has 0 radical (unpaired) electrons. The lowest BCUT2D eigenvalue weighted by Gasteiger charge is -2.28. The molecule has 0 amide bonds. The maximum Gasteiger partial charge on any atom is 0.334 e. The van der Waals surface area contributed by atoms with Crippen LogP contribution in [0, 0.1) is 0 Å². The molecule has 5 nitrogen and oxygen atoms in total. The number of rotatable bonds is 4. The van der Waals surface area contributed by atoms with Gasteiger partial charge in [0.2, 0.25) is 0 Å². The molecule has 1 aliphatic heterocycles. The number of anilines is 1. The number of H-pyrrole nitrogens is 1. The molecule has 1 atom stereocenters. The minimum atomic E-state index is -0.978. The van der Waals surface area contributed by atoms with E-state index in [1.165, 1.54) is 0 Å². The van der Waals surface area contributed by atoms with Gasteiger partial charge in [-0.2, -0.15) is 5.10 Å². The van der Waals surface area contributed by atoms with Crippen LogP contribution in [0.1, 0.15) is 36.8 Å². The van der Waals surface area contributed by atoms with Gasteiger partial charge in [0.15, 0.2) is 0 Å². The number of nitrogens with zero attached hydrogens (tertiary/aromatic N) is 1. The molecule has 23 heavy (non-hydrogen) atoms. The van der Waals surface area contributed by atoms with Gasteiger partial charge in [0.1, 0.15) is 5.82 Å². The minimum Gasteiger partial charge on any atom is -0.478 e. The van der Waals surface area contributed by atoms with Gasteiger partial charge in [0.25, 0.3) is 0 Å². The first kappa shape index (κ1) is 15.9. The fourth-order valence-corrected chi connectivity index (χ4v) is 3.35. The highest BCUT2D eigenvalue weighted by Gasteiger charge is 2.35. The van der Waals surface area contributed by atoms with Crippen LogP contribution in [0.2, 0.25) is 10.0 Å². The van der Waals surface area contributed by atoms with Crippen molar-refractivity contribution in [3.8, 4) is 0 Å². The van der Waals surface area contributed by atoms with E-state index >= 15 is 0 Å². The summed E-state index contributed by atoms with van der Waals surface area (Å²) in [5.74, 6) is -0.802. The molecule has 0 saturated carbocycles. The quantitative estimate of drug-likeness (QED) is 0.762. The highest BCUT2D eigenvalue weighted by atomic mass is 35.5. The van der Waals surface area contributed by atoms with Crippen LogP contribution in [0.25, 0.3) is 0 Å². The average molecular weight is 352 g/mol. The Labute approximate surface area is 143 Å². The van der Waals surface area contributed by atoms with Crippen LogP contribution in [0.3, 0.4) is 0 Å². The zero-order valence-electron chi connectivity index (χ0n) is 12.4. The number of benzene rings is 1. The number of hydrogen-bond donors (Lipinski definition) is 3. The molecular formula is C16H15Cl2N3O2. The van der Waals surface area contributed by atoms with Crippen LogP contribution in [-0.4, -0.2) is 21.3 Å². The molecular weight excluding hydrogens is 337 g/mol. The average Bonchev–Trinajstić information content (AvgIpc) is 2.97. The lowest BCUT2D eigenvalue weighted by molar-refractivity contribution is -0.133. The summed E-state index contributed by atoms with van der Waals surface area (Å²) in [4.78, 5) is 11.9. The Kier molecular flexibility index (Phi) is 4.33. The Morgan fingerprint density at radius 1 is 1.35 bits per heavy atom. The Bertz CT molecular complexity index is 798.